The highest BCUT2D eigenvalue weighted by Crippen LogP contribution is 2.22. The highest BCUT2D eigenvalue weighted by atomic mass is 32.2. The Morgan fingerprint density at radius 3 is 2.67 bits per heavy atom. The summed E-state index contributed by atoms with van der Waals surface area (Å²) in [4.78, 5) is 27.2. The number of nitriles is 1. The van der Waals surface area contributed by atoms with E-state index in [-0.39, 0.29) is 24.9 Å². The molecule has 0 aliphatic carbocycles. The number of imide groups is 1. The van der Waals surface area contributed by atoms with Crippen LogP contribution in [0.5, 0.6) is 5.88 Å². The molecule has 11 heteroatoms. The second-order valence-electron chi connectivity index (χ2n) is 6.69. The third-order valence-electron chi connectivity index (χ3n) is 4.51. The van der Waals surface area contributed by atoms with Gasteiger partial charge in [-0.1, -0.05) is 6.07 Å². The summed E-state index contributed by atoms with van der Waals surface area (Å²) < 4.78 is 32.3. The molecule has 2 saturated heterocycles. The Morgan fingerprint density at radius 2 is 2.07 bits per heavy atom. The minimum Gasteiger partial charge on any atom is -0.474 e. The number of rotatable bonds is 5. The van der Waals surface area contributed by atoms with Crippen molar-refractivity contribution in [3.05, 3.63) is 23.9 Å². The van der Waals surface area contributed by atoms with E-state index in [9.17, 15) is 18.0 Å². The summed E-state index contributed by atoms with van der Waals surface area (Å²) in [5, 5.41) is 13.3. The van der Waals surface area contributed by atoms with E-state index in [0.717, 1.165) is 0 Å². The summed E-state index contributed by atoms with van der Waals surface area (Å²) in [6.45, 7) is 1.85. The molecule has 0 unspecified atom stereocenters. The second-order valence-corrected chi connectivity index (χ2v) is 8.65. The van der Waals surface area contributed by atoms with E-state index in [1.54, 1.807) is 18.2 Å². The predicted octanol–water partition coefficient (Wildman–Crippen LogP) is -0.276. The molecule has 1 atom stereocenters. The Morgan fingerprint density at radius 1 is 1.37 bits per heavy atom. The summed E-state index contributed by atoms with van der Waals surface area (Å²) in [5.41, 5.74) is -1.23. The molecule has 1 aromatic heterocycles. The topological polar surface area (TPSA) is 141 Å². The van der Waals surface area contributed by atoms with Gasteiger partial charge in [0.05, 0.1) is 5.75 Å². The number of nitrogens with zero attached hydrogens (tertiary/aromatic N) is 3. The van der Waals surface area contributed by atoms with Crippen LogP contribution < -0.4 is 15.4 Å². The van der Waals surface area contributed by atoms with Crippen LogP contribution in [0.3, 0.4) is 0 Å². The number of sulfonamides is 1. The van der Waals surface area contributed by atoms with Crippen molar-refractivity contribution in [1.29, 1.82) is 5.26 Å². The number of amides is 3. The van der Waals surface area contributed by atoms with Gasteiger partial charge in [-0.25, -0.2) is 22.5 Å². The van der Waals surface area contributed by atoms with E-state index in [0.29, 0.717) is 18.7 Å². The van der Waals surface area contributed by atoms with Crippen LogP contribution in [-0.4, -0.2) is 60.1 Å². The van der Waals surface area contributed by atoms with Gasteiger partial charge < -0.3 is 10.1 Å². The van der Waals surface area contributed by atoms with Crippen molar-refractivity contribution >= 4 is 22.0 Å². The average molecular weight is 393 g/mol. The molecule has 10 nitrogen and oxygen atoms in total. The zero-order valence-electron chi connectivity index (χ0n) is 14.6. The van der Waals surface area contributed by atoms with Crippen molar-refractivity contribution in [1.82, 2.24) is 19.9 Å². The van der Waals surface area contributed by atoms with Gasteiger partial charge in [0.15, 0.2) is 0 Å². The van der Waals surface area contributed by atoms with Gasteiger partial charge in [0, 0.05) is 19.2 Å². The molecule has 0 radical (unpaired) electrons. The molecular weight excluding hydrogens is 374 g/mol. The number of hydrogen-bond acceptors (Lipinski definition) is 7. The van der Waals surface area contributed by atoms with Crippen molar-refractivity contribution in [3.63, 3.8) is 0 Å². The van der Waals surface area contributed by atoms with Gasteiger partial charge in [-0.3, -0.25) is 10.1 Å². The fourth-order valence-corrected chi connectivity index (χ4v) is 4.96. The number of aromatic nitrogens is 1. The highest BCUT2D eigenvalue weighted by molar-refractivity contribution is 7.89. The lowest BCUT2D eigenvalue weighted by molar-refractivity contribution is -0.122. The normalized spacial score (nSPS) is 24.1. The molecule has 2 N–H and O–H groups in total. The van der Waals surface area contributed by atoms with Crippen molar-refractivity contribution in [2.75, 3.05) is 18.8 Å². The van der Waals surface area contributed by atoms with Crippen LogP contribution >= 0.6 is 0 Å². The lowest BCUT2D eigenvalue weighted by Gasteiger charge is -2.33. The molecule has 2 fully saturated rings. The smallest absolute Gasteiger partial charge is 0.322 e. The number of pyridine rings is 1. The third kappa shape index (κ3) is 4.17. The van der Waals surface area contributed by atoms with Crippen LogP contribution in [0, 0.1) is 11.3 Å². The van der Waals surface area contributed by atoms with Gasteiger partial charge in [0.1, 0.15) is 23.4 Å². The number of nitrogens with one attached hydrogen (secondary N) is 2. The minimum atomic E-state index is -3.74. The molecule has 0 aromatic carbocycles. The Hall–Kier alpha value is -2.71. The predicted molar refractivity (Wildman–Crippen MR) is 93.0 cm³/mol. The van der Waals surface area contributed by atoms with Crippen LogP contribution in [0.1, 0.15) is 25.5 Å². The van der Waals surface area contributed by atoms with Crippen LogP contribution in [-0.2, 0) is 14.8 Å². The first-order valence-corrected chi connectivity index (χ1v) is 9.98. The maximum atomic E-state index is 12.7. The average Bonchev–Trinajstić information content (AvgIpc) is 2.86. The Balaban J connectivity index is 1.59. The molecule has 27 heavy (non-hydrogen) atoms. The minimum absolute atomic E-state index is 0.219. The van der Waals surface area contributed by atoms with Gasteiger partial charge in [0.2, 0.25) is 15.9 Å². The highest BCUT2D eigenvalue weighted by Gasteiger charge is 2.46. The van der Waals surface area contributed by atoms with Gasteiger partial charge >= 0.3 is 6.03 Å². The fraction of sp³-hybridized carbons (Fsp3) is 0.500. The molecule has 2 aliphatic rings. The van der Waals surface area contributed by atoms with Crippen LogP contribution in [0.4, 0.5) is 4.79 Å². The van der Waals surface area contributed by atoms with Crippen molar-refractivity contribution in [2.45, 2.75) is 31.4 Å². The maximum Gasteiger partial charge on any atom is 0.322 e. The van der Waals surface area contributed by atoms with Gasteiger partial charge in [0.25, 0.3) is 5.91 Å². The van der Waals surface area contributed by atoms with Crippen LogP contribution in [0.2, 0.25) is 0 Å². The summed E-state index contributed by atoms with van der Waals surface area (Å²) >= 11 is 0. The number of urea groups is 1. The lowest BCUT2D eigenvalue weighted by atomic mass is 10.1. The molecule has 3 heterocycles. The number of carbonyl (C=O) groups excluding carboxylic acids is 2. The molecule has 0 spiro atoms. The van der Waals surface area contributed by atoms with E-state index >= 15 is 0 Å². The first kappa shape index (κ1) is 19.1. The van der Waals surface area contributed by atoms with E-state index in [1.807, 2.05) is 6.07 Å². The number of hydrogen-bond donors (Lipinski definition) is 2. The Kier molecular flexibility index (Phi) is 5.03. The first-order valence-electron chi connectivity index (χ1n) is 8.37. The SMILES string of the molecule is C[C@]1(CS(=O)(=O)N2CCC(Oc3cccc(C#N)n3)CC2)NC(=O)NC1=O. The number of carbonyl (C=O) groups is 2. The molecule has 0 saturated carbocycles. The van der Waals surface area contributed by atoms with E-state index in [2.05, 4.69) is 15.6 Å². The molecule has 3 amide bonds. The standard InChI is InChI=1S/C16H19N5O5S/c1-16(14(22)19-15(23)20-16)10-27(24,25)21-7-5-12(6-8-21)26-13-4-2-3-11(9-17)18-13/h2-4,12H,5-8,10H2,1H3,(H2,19,20,22,23)/t16-/m1/s1. The third-order valence-corrected chi connectivity index (χ3v) is 6.60. The second kappa shape index (κ2) is 7.13. The van der Waals surface area contributed by atoms with Crippen molar-refractivity contribution in [2.24, 2.45) is 0 Å². The summed E-state index contributed by atoms with van der Waals surface area (Å²) in [6.07, 6.45) is 0.683. The van der Waals surface area contributed by atoms with Gasteiger partial charge in [-0.15, -0.1) is 0 Å². The van der Waals surface area contributed by atoms with Crippen molar-refractivity contribution in [3.8, 4) is 11.9 Å². The largest absolute Gasteiger partial charge is 0.474 e. The summed E-state index contributed by atoms with van der Waals surface area (Å²) in [6, 6.07) is 6.12. The Bertz CT molecular complexity index is 904. The first-order chi connectivity index (χ1) is 12.7. The van der Waals surface area contributed by atoms with E-state index in [4.69, 9.17) is 10.00 Å². The maximum absolute atomic E-state index is 12.7. The van der Waals surface area contributed by atoms with Gasteiger partial charge in [-0.2, -0.15) is 5.26 Å². The molecule has 0 bridgehead atoms. The quantitative estimate of drug-likeness (QED) is 0.656. The molecule has 3 rings (SSSR count). The van der Waals surface area contributed by atoms with Crippen LogP contribution in [0.15, 0.2) is 18.2 Å². The number of piperidine rings is 1. The van der Waals surface area contributed by atoms with Crippen molar-refractivity contribution < 1.29 is 22.7 Å². The van der Waals surface area contributed by atoms with Gasteiger partial charge in [-0.05, 0) is 25.8 Å². The molecule has 144 valence electrons. The molecule has 2 aliphatic heterocycles. The fourth-order valence-electron chi connectivity index (χ4n) is 3.08. The number of ether oxygens (including phenoxy) is 1. The lowest BCUT2D eigenvalue weighted by Crippen LogP contribution is -2.53. The molecular formula is C16H19N5O5S. The summed E-state index contributed by atoms with van der Waals surface area (Å²) in [5.74, 6) is -0.833. The van der Waals surface area contributed by atoms with Crippen LogP contribution in [0.25, 0.3) is 0 Å². The zero-order valence-corrected chi connectivity index (χ0v) is 15.5. The zero-order chi connectivity index (χ0) is 19.7. The monoisotopic (exact) mass is 393 g/mol. The van der Waals surface area contributed by atoms with E-state index < -0.39 is 33.3 Å². The van der Waals surface area contributed by atoms with E-state index in [1.165, 1.54) is 11.2 Å². The Labute approximate surface area is 156 Å². The summed E-state index contributed by atoms with van der Waals surface area (Å²) in [7, 11) is -3.74. The molecule has 1 aromatic rings.